The molecule has 2 unspecified atom stereocenters. The molecule has 1 aliphatic carbocycles. The number of pyridine rings is 2. The summed E-state index contributed by atoms with van der Waals surface area (Å²) in [6, 6.07) is 13.9. The molecular weight excluding hydrogens is 765 g/mol. The molecule has 0 spiro atoms. The number of unbranched alkanes of at least 4 members (excludes halogenated alkanes) is 1. The third kappa shape index (κ3) is 7.92. The van der Waals surface area contributed by atoms with E-state index in [1.54, 1.807) is 30.5 Å². The van der Waals surface area contributed by atoms with E-state index in [1.165, 1.54) is 6.07 Å². The van der Waals surface area contributed by atoms with Crippen LogP contribution in [0.5, 0.6) is 0 Å². The van der Waals surface area contributed by atoms with E-state index in [1.807, 2.05) is 30.3 Å². The molecule has 16 nitrogen and oxygen atoms in total. The number of hydrogen-bond donors (Lipinski definition) is 6. The molecule has 7 rings (SSSR count). The number of carbonyl (C=O) groups is 5. The Labute approximate surface area is 338 Å². The lowest BCUT2D eigenvalue weighted by molar-refractivity contribution is -0.172. The molecule has 2 aromatic carbocycles. The van der Waals surface area contributed by atoms with E-state index in [-0.39, 0.29) is 75.1 Å². The van der Waals surface area contributed by atoms with Gasteiger partial charge in [0.15, 0.2) is 5.60 Å². The van der Waals surface area contributed by atoms with E-state index in [9.17, 15) is 38.3 Å². The zero-order chi connectivity index (χ0) is 42.1. The second-order valence-corrected chi connectivity index (χ2v) is 15.1. The quantitative estimate of drug-likeness (QED) is 0.0471. The number of benzene rings is 2. The van der Waals surface area contributed by atoms with Crippen molar-refractivity contribution < 1.29 is 42.9 Å². The fourth-order valence-electron chi connectivity index (χ4n) is 8.01. The fraction of sp³-hybridized carbons (Fsp3) is 0.405. The summed E-state index contributed by atoms with van der Waals surface area (Å²) in [6.07, 6.45) is 2.09. The minimum Gasteiger partial charge on any atom is -0.458 e. The minimum atomic E-state index is -1.97. The fourth-order valence-corrected chi connectivity index (χ4v) is 8.01. The highest BCUT2D eigenvalue weighted by Crippen LogP contribution is 2.51. The third-order valence-corrected chi connectivity index (χ3v) is 11.4. The standard InChI is InChI=1S/C42H46FN7O9/c1-3-42(57)29-14-33-37-27(20-50(33)38(54)28(29)21-59-40(42)56)25(26-13-23(2)31(43)15-32(26)48-37)11-7-8-12-58-22-47-35(52)18-46-39(55)41(49-36(53)19-45-34(51)17-44)16-30(41)24-9-5-4-6-10-24/h4-6,9-10,13-15,30,57H,3,7-8,11-12,16-22,44H2,1-2H3,(H,45,51)(H,46,55)(H,47,52)(H,49,53)/t30?,41?,42-/m0/s1. The van der Waals surface area contributed by atoms with Gasteiger partial charge in [-0.15, -0.1) is 0 Å². The lowest BCUT2D eigenvalue weighted by Crippen LogP contribution is -2.54. The second-order valence-electron chi connectivity index (χ2n) is 15.1. The Bertz CT molecular complexity index is 2420. The van der Waals surface area contributed by atoms with Gasteiger partial charge in [-0.2, -0.15) is 0 Å². The maximum Gasteiger partial charge on any atom is 0.343 e. The van der Waals surface area contributed by atoms with Crippen molar-refractivity contribution in [3.05, 3.63) is 98.1 Å². The van der Waals surface area contributed by atoms with Crippen LogP contribution < -0.4 is 32.6 Å². The van der Waals surface area contributed by atoms with Crippen LogP contribution in [-0.2, 0) is 58.6 Å². The van der Waals surface area contributed by atoms with E-state index >= 15 is 0 Å². The summed E-state index contributed by atoms with van der Waals surface area (Å²) >= 11 is 0. The van der Waals surface area contributed by atoms with Crippen LogP contribution >= 0.6 is 0 Å². The highest BCUT2D eigenvalue weighted by atomic mass is 19.1. The molecule has 4 amide bonds. The number of nitrogens with two attached hydrogens (primary N) is 1. The monoisotopic (exact) mass is 811 g/mol. The van der Waals surface area contributed by atoms with Crippen molar-refractivity contribution in [1.29, 1.82) is 0 Å². The van der Waals surface area contributed by atoms with Crippen LogP contribution in [0.2, 0.25) is 0 Å². The summed E-state index contributed by atoms with van der Waals surface area (Å²) in [5.41, 5.74) is 6.38. The second kappa shape index (κ2) is 16.7. The van der Waals surface area contributed by atoms with E-state index in [0.29, 0.717) is 48.2 Å². The molecule has 0 bridgehead atoms. The molecule has 2 aliphatic heterocycles. The number of aromatic nitrogens is 2. The van der Waals surface area contributed by atoms with Crippen LogP contribution in [-0.4, -0.2) is 82.8 Å². The summed E-state index contributed by atoms with van der Waals surface area (Å²) in [7, 11) is 0. The van der Waals surface area contributed by atoms with E-state index in [2.05, 4.69) is 21.3 Å². The van der Waals surface area contributed by atoms with Gasteiger partial charge in [0.25, 0.3) is 5.56 Å². The van der Waals surface area contributed by atoms with Crippen molar-refractivity contribution in [2.75, 3.05) is 33.0 Å². The molecule has 310 valence electrons. The first-order chi connectivity index (χ1) is 28.3. The van der Waals surface area contributed by atoms with E-state index in [4.69, 9.17) is 20.2 Å². The van der Waals surface area contributed by atoms with Gasteiger partial charge in [-0.25, -0.2) is 14.2 Å². The van der Waals surface area contributed by atoms with Gasteiger partial charge in [-0.1, -0.05) is 37.3 Å². The molecule has 0 saturated heterocycles. The van der Waals surface area contributed by atoms with Crippen LogP contribution in [0.3, 0.4) is 0 Å². The molecule has 3 aliphatic rings. The van der Waals surface area contributed by atoms with Crippen LogP contribution in [0, 0.1) is 12.7 Å². The molecule has 2 aromatic heterocycles. The third-order valence-electron chi connectivity index (χ3n) is 11.4. The highest BCUT2D eigenvalue weighted by molar-refractivity contribution is 5.98. The number of hydrogen-bond acceptors (Lipinski definition) is 11. The van der Waals surface area contributed by atoms with Gasteiger partial charge >= 0.3 is 5.97 Å². The Morgan fingerprint density at radius 3 is 2.53 bits per heavy atom. The number of rotatable bonds is 16. The number of cyclic esters (lactones) is 1. The minimum absolute atomic E-state index is 0.00912. The first-order valence-electron chi connectivity index (χ1n) is 19.6. The van der Waals surface area contributed by atoms with Gasteiger partial charge in [0, 0.05) is 35.1 Å². The summed E-state index contributed by atoms with van der Waals surface area (Å²) in [6.45, 7) is 2.44. The maximum absolute atomic E-state index is 14.8. The topological polar surface area (TPSA) is 233 Å². The summed E-state index contributed by atoms with van der Waals surface area (Å²) < 4.78 is 27.3. The number of fused-ring (bicyclic) bond motifs is 5. The van der Waals surface area contributed by atoms with Gasteiger partial charge in [0.1, 0.15) is 24.7 Å². The number of aryl methyl sites for hydroxylation is 2. The van der Waals surface area contributed by atoms with Crippen molar-refractivity contribution in [2.24, 2.45) is 5.73 Å². The van der Waals surface area contributed by atoms with Crippen molar-refractivity contribution in [3.8, 4) is 11.4 Å². The smallest absolute Gasteiger partial charge is 0.343 e. The van der Waals surface area contributed by atoms with Crippen molar-refractivity contribution >= 4 is 40.5 Å². The predicted octanol–water partition coefficient (Wildman–Crippen LogP) is 1.17. The molecule has 1 saturated carbocycles. The number of esters is 1. The van der Waals surface area contributed by atoms with E-state index in [0.717, 1.165) is 22.1 Å². The summed E-state index contributed by atoms with van der Waals surface area (Å²) in [5.74, 6) is -3.68. The number of amides is 4. The maximum atomic E-state index is 14.8. The SMILES string of the molecule is CC[C@@]1(O)C(=O)OCc2c1cc1n(c2=O)Cc2c-1nc1cc(F)c(C)cc1c2CCCCOCNC(=O)CNC(=O)C1(NC(=O)CNC(=O)CN)CC1c1ccccc1. The van der Waals surface area contributed by atoms with Gasteiger partial charge in [0.2, 0.25) is 23.6 Å². The van der Waals surface area contributed by atoms with Crippen LogP contribution in [0.1, 0.15) is 71.9 Å². The van der Waals surface area contributed by atoms with Crippen molar-refractivity contribution in [3.63, 3.8) is 0 Å². The molecule has 0 radical (unpaired) electrons. The van der Waals surface area contributed by atoms with Gasteiger partial charge < -0.3 is 46.1 Å². The van der Waals surface area contributed by atoms with Crippen LogP contribution in [0.25, 0.3) is 22.3 Å². The number of nitrogens with one attached hydrogen (secondary N) is 4. The van der Waals surface area contributed by atoms with Crippen molar-refractivity contribution in [2.45, 2.75) is 76.2 Å². The average molecular weight is 812 g/mol. The number of ether oxygens (including phenoxy) is 2. The zero-order valence-corrected chi connectivity index (χ0v) is 32.7. The van der Waals surface area contributed by atoms with Crippen LogP contribution in [0.15, 0.2) is 53.3 Å². The Morgan fingerprint density at radius 2 is 1.78 bits per heavy atom. The lowest BCUT2D eigenvalue weighted by atomic mass is 9.86. The molecule has 7 N–H and O–H groups in total. The van der Waals surface area contributed by atoms with Gasteiger partial charge in [-0.05, 0) is 67.9 Å². The Hall–Kier alpha value is -6.04. The Kier molecular flexibility index (Phi) is 11.6. The summed E-state index contributed by atoms with van der Waals surface area (Å²) in [4.78, 5) is 81.4. The largest absolute Gasteiger partial charge is 0.458 e. The molecule has 4 heterocycles. The van der Waals surface area contributed by atoms with E-state index < -0.39 is 46.6 Å². The molecule has 59 heavy (non-hydrogen) atoms. The number of carbonyl (C=O) groups excluding carboxylic acids is 5. The molecule has 4 aromatic rings. The summed E-state index contributed by atoms with van der Waals surface area (Å²) in [5, 5.41) is 22.4. The normalized spacial score (nSPS) is 19.9. The average Bonchev–Trinajstić information content (AvgIpc) is 3.85. The highest BCUT2D eigenvalue weighted by Gasteiger charge is 2.61. The first-order valence-corrected chi connectivity index (χ1v) is 19.6. The Morgan fingerprint density at radius 1 is 1.02 bits per heavy atom. The number of aliphatic hydroxyl groups is 1. The molecule has 3 atom stereocenters. The number of halogens is 1. The van der Waals surface area contributed by atoms with Crippen molar-refractivity contribution in [1.82, 2.24) is 30.8 Å². The van der Waals surface area contributed by atoms with Gasteiger partial charge in [-0.3, -0.25) is 24.0 Å². The molecular formula is C42H46FN7O9. The zero-order valence-electron chi connectivity index (χ0n) is 32.7. The molecule has 17 heteroatoms. The predicted molar refractivity (Wildman–Crippen MR) is 211 cm³/mol. The lowest BCUT2D eigenvalue weighted by Gasteiger charge is -2.31. The number of nitrogens with zero attached hydrogens (tertiary/aromatic N) is 2. The van der Waals surface area contributed by atoms with Crippen LogP contribution in [0.4, 0.5) is 4.39 Å². The molecule has 1 fully saturated rings. The van der Waals surface area contributed by atoms with Gasteiger partial charge in [0.05, 0.1) is 48.6 Å². The Balaban J connectivity index is 0.946. The first kappa shape index (κ1) is 41.1.